The molecule has 80 valence electrons. The van der Waals surface area contributed by atoms with Crippen molar-refractivity contribution < 1.29 is 0 Å². The van der Waals surface area contributed by atoms with Crippen LogP contribution in [0, 0.1) is 6.92 Å². The van der Waals surface area contributed by atoms with E-state index in [0.717, 1.165) is 30.2 Å². The maximum Gasteiger partial charge on any atom is 0.142 e. The van der Waals surface area contributed by atoms with Crippen LogP contribution in [0.4, 0.5) is 10.8 Å². The molecule has 0 spiro atoms. The first-order valence-corrected chi connectivity index (χ1v) is 5.56. The first-order valence-electron chi connectivity index (χ1n) is 4.79. The quantitative estimate of drug-likeness (QED) is 0.778. The number of hydrogen-bond donors (Lipinski definition) is 2. The lowest BCUT2D eigenvalue weighted by Crippen LogP contribution is -2.24. The van der Waals surface area contributed by atoms with Gasteiger partial charge in [-0.05, 0) is 32.0 Å². The first-order chi connectivity index (χ1) is 6.65. The number of likely N-dealkylation sites (N-methyl/N-ethyl adjacent to an activating group) is 1. The number of nitrogens with two attached hydrogens (primary N) is 1. The highest BCUT2D eigenvalue weighted by Gasteiger charge is 2.05. The Morgan fingerprint density at radius 3 is 2.79 bits per heavy atom. The van der Waals surface area contributed by atoms with E-state index in [-0.39, 0.29) is 0 Å². The largest absolute Gasteiger partial charge is 0.383 e. The number of hydrogen-bond acceptors (Lipinski definition) is 5. The van der Waals surface area contributed by atoms with Crippen LogP contribution in [0.5, 0.6) is 0 Å². The highest BCUT2D eigenvalue weighted by Crippen LogP contribution is 2.24. The van der Waals surface area contributed by atoms with Crippen LogP contribution in [0.25, 0.3) is 0 Å². The zero-order valence-corrected chi connectivity index (χ0v) is 9.82. The molecule has 1 aromatic heterocycles. The average Bonchev–Trinajstić information content (AvgIpc) is 2.49. The van der Waals surface area contributed by atoms with Gasteiger partial charge >= 0.3 is 0 Å². The summed E-state index contributed by atoms with van der Waals surface area (Å²) in [5, 5.41) is 4.42. The van der Waals surface area contributed by atoms with Crippen LogP contribution in [0.1, 0.15) is 12.5 Å². The Morgan fingerprint density at radius 1 is 1.57 bits per heavy atom. The number of nitrogen functional groups attached to an aromatic ring is 1. The van der Waals surface area contributed by atoms with Crippen LogP contribution < -0.4 is 11.1 Å². The van der Waals surface area contributed by atoms with E-state index in [1.807, 2.05) is 6.92 Å². The molecule has 0 radical (unpaired) electrons. The molecule has 1 heterocycles. The van der Waals surface area contributed by atoms with E-state index in [1.54, 1.807) is 0 Å². The van der Waals surface area contributed by atoms with Crippen molar-refractivity contribution in [2.24, 2.45) is 0 Å². The minimum Gasteiger partial charge on any atom is -0.383 e. The fraction of sp³-hybridized carbons (Fsp3) is 0.667. The second-order valence-electron chi connectivity index (χ2n) is 3.34. The van der Waals surface area contributed by atoms with E-state index in [0.29, 0.717) is 5.82 Å². The van der Waals surface area contributed by atoms with Crippen molar-refractivity contribution in [3.63, 3.8) is 0 Å². The molecular weight excluding hydrogens is 196 g/mol. The molecule has 0 bridgehead atoms. The van der Waals surface area contributed by atoms with Crippen LogP contribution in [-0.2, 0) is 0 Å². The summed E-state index contributed by atoms with van der Waals surface area (Å²) >= 11 is 1.43. The van der Waals surface area contributed by atoms with Crippen molar-refractivity contribution in [3.05, 3.63) is 5.56 Å². The summed E-state index contributed by atoms with van der Waals surface area (Å²) in [7, 11) is 2.11. The third kappa shape index (κ3) is 2.85. The van der Waals surface area contributed by atoms with Crippen molar-refractivity contribution in [3.8, 4) is 0 Å². The molecule has 0 saturated carbocycles. The summed E-state index contributed by atoms with van der Waals surface area (Å²) in [5.74, 6) is 0.640. The SMILES string of the molecule is CCN(C)CCNc1snc(N)c1C. The summed E-state index contributed by atoms with van der Waals surface area (Å²) < 4.78 is 4.08. The van der Waals surface area contributed by atoms with E-state index >= 15 is 0 Å². The highest BCUT2D eigenvalue weighted by molar-refractivity contribution is 7.10. The van der Waals surface area contributed by atoms with Gasteiger partial charge in [0.2, 0.25) is 0 Å². The summed E-state index contributed by atoms with van der Waals surface area (Å²) in [4.78, 5) is 2.26. The molecule has 1 rings (SSSR count). The van der Waals surface area contributed by atoms with Gasteiger partial charge in [0.1, 0.15) is 10.8 Å². The Balaban J connectivity index is 2.35. The molecule has 0 amide bonds. The Kier molecular flexibility index (Phi) is 4.16. The predicted molar refractivity (Wildman–Crippen MR) is 62.9 cm³/mol. The summed E-state index contributed by atoms with van der Waals surface area (Å²) in [6, 6.07) is 0. The number of anilines is 2. The molecule has 0 aliphatic rings. The molecule has 3 N–H and O–H groups in total. The first kappa shape index (κ1) is 11.3. The van der Waals surface area contributed by atoms with Gasteiger partial charge in [0.15, 0.2) is 0 Å². The Hall–Kier alpha value is -0.810. The third-order valence-electron chi connectivity index (χ3n) is 2.28. The van der Waals surface area contributed by atoms with Gasteiger partial charge in [0.05, 0.1) is 0 Å². The van der Waals surface area contributed by atoms with Gasteiger partial charge in [0.25, 0.3) is 0 Å². The lowest BCUT2D eigenvalue weighted by molar-refractivity contribution is 0.367. The van der Waals surface area contributed by atoms with E-state index in [9.17, 15) is 0 Å². The Bertz CT molecular complexity index is 284. The lowest BCUT2D eigenvalue weighted by Gasteiger charge is -2.13. The topological polar surface area (TPSA) is 54.2 Å². The van der Waals surface area contributed by atoms with Gasteiger partial charge in [-0.25, -0.2) is 0 Å². The molecular formula is C9H18N4S. The highest BCUT2D eigenvalue weighted by atomic mass is 32.1. The molecule has 0 aromatic carbocycles. The summed E-state index contributed by atoms with van der Waals surface area (Å²) in [5.41, 5.74) is 6.71. The standard InChI is InChI=1S/C9H18N4S/c1-4-13(3)6-5-11-9-7(2)8(10)12-14-9/h11H,4-6H2,1-3H3,(H2,10,12). The Morgan fingerprint density at radius 2 is 2.29 bits per heavy atom. The second-order valence-corrected chi connectivity index (χ2v) is 4.12. The van der Waals surface area contributed by atoms with Crippen molar-refractivity contribution in [2.75, 3.05) is 37.7 Å². The smallest absolute Gasteiger partial charge is 0.142 e. The number of nitrogens with zero attached hydrogens (tertiary/aromatic N) is 2. The molecule has 4 nitrogen and oxygen atoms in total. The molecule has 0 atom stereocenters. The summed E-state index contributed by atoms with van der Waals surface area (Å²) in [6.07, 6.45) is 0. The lowest BCUT2D eigenvalue weighted by atomic mass is 10.3. The van der Waals surface area contributed by atoms with Crippen LogP contribution in [-0.4, -0.2) is 36.0 Å². The van der Waals surface area contributed by atoms with Gasteiger partial charge in [0, 0.05) is 18.7 Å². The molecule has 0 saturated heterocycles. The molecule has 0 fully saturated rings. The summed E-state index contributed by atoms with van der Waals surface area (Å²) in [6.45, 7) is 7.19. The van der Waals surface area contributed by atoms with Gasteiger partial charge in [-0.3, -0.25) is 0 Å². The number of rotatable bonds is 5. The normalized spacial score (nSPS) is 10.9. The maximum absolute atomic E-state index is 5.65. The van der Waals surface area contributed by atoms with Crippen molar-refractivity contribution in [1.82, 2.24) is 9.27 Å². The molecule has 14 heavy (non-hydrogen) atoms. The second kappa shape index (κ2) is 5.17. The van der Waals surface area contributed by atoms with Crippen molar-refractivity contribution in [1.29, 1.82) is 0 Å². The minimum absolute atomic E-state index is 0.640. The average molecular weight is 214 g/mol. The van der Waals surface area contributed by atoms with Gasteiger partial charge < -0.3 is 16.0 Å². The zero-order valence-electron chi connectivity index (χ0n) is 9.00. The van der Waals surface area contributed by atoms with E-state index in [1.165, 1.54) is 11.5 Å². The van der Waals surface area contributed by atoms with Crippen LogP contribution in [0.3, 0.4) is 0 Å². The van der Waals surface area contributed by atoms with E-state index in [4.69, 9.17) is 5.73 Å². The fourth-order valence-corrected chi connectivity index (χ4v) is 1.77. The molecule has 0 aliphatic heterocycles. The Labute approximate surface area is 89.3 Å². The van der Waals surface area contributed by atoms with Gasteiger partial charge in [-0.2, -0.15) is 4.37 Å². The minimum atomic E-state index is 0.640. The van der Waals surface area contributed by atoms with Gasteiger partial charge in [-0.1, -0.05) is 6.92 Å². The van der Waals surface area contributed by atoms with Crippen molar-refractivity contribution in [2.45, 2.75) is 13.8 Å². The zero-order chi connectivity index (χ0) is 10.6. The van der Waals surface area contributed by atoms with E-state index < -0.39 is 0 Å². The fourth-order valence-electron chi connectivity index (χ4n) is 1.03. The molecule has 5 heteroatoms. The van der Waals surface area contributed by atoms with Crippen LogP contribution in [0.15, 0.2) is 0 Å². The predicted octanol–water partition coefficient (Wildman–Crippen LogP) is 1.40. The van der Waals surface area contributed by atoms with Crippen molar-refractivity contribution >= 4 is 22.4 Å². The maximum atomic E-state index is 5.65. The monoisotopic (exact) mass is 214 g/mol. The molecule has 1 aromatic rings. The number of aromatic nitrogens is 1. The molecule has 0 aliphatic carbocycles. The van der Waals surface area contributed by atoms with Crippen LogP contribution >= 0.6 is 11.5 Å². The van der Waals surface area contributed by atoms with Gasteiger partial charge in [-0.15, -0.1) is 0 Å². The van der Waals surface area contributed by atoms with E-state index in [2.05, 4.69) is 28.6 Å². The molecule has 0 unspecified atom stereocenters. The third-order valence-corrected chi connectivity index (χ3v) is 3.20. The number of nitrogens with one attached hydrogen (secondary N) is 1. The van der Waals surface area contributed by atoms with Crippen LogP contribution in [0.2, 0.25) is 0 Å².